The normalized spacial score (nSPS) is 27.9. The minimum atomic E-state index is -1.99. The first-order valence-electron chi connectivity index (χ1n) is 36.4. The monoisotopic (exact) mass is 1350 g/mol. The average Bonchev–Trinajstić information content (AvgIpc) is 0.787. The molecule has 0 bridgehead atoms. The zero-order valence-corrected chi connectivity index (χ0v) is 58.0. The van der Waals surface area contributed by atoms with Crippen molar-refractivity contribution in [2.75, 3.05) is 26.4 Å². The number of carbonyl (C=O) groups excluding carboxylic acids is 1. The summed E-state index contributed by atoms with van der Waals surface area (Å²) in [5, 5.41) is 120. The van der Waals surface area contributed by atoms with E-state index in [1.807, 2.05) is 6.08 Å². The van der Waals surface area contributed by atoms with Crippen molar-refractivity contribution in [3.05, 3.63) is 134 Å². The molecule has 17 atom stereocenters. The number of allylic oxidation sites excluding steroid dienone is 21. The molecule has 17 unspecified atom stereocenters. The summed E-state index contributed by atoms with van der Waals surface area (Å²) in [6, 6.07) is -1.00. The molecule has 0 radical (unpaired) electrons. The van der Waals surface area contributed by atoms with Gasteiger partial charge in [-0.05, 0) is 103 Å². The van der Waals surface area contributed by atoms with Crippen molar-refractivity contribution in [2.45, 2.75) is 317 Å². The zero-order valence-electron chi connectivity index (χ0n) is 58.0. The van der Waals surface area contributed by atoms with Crippen molar-refractivity contribution < 1.29 is 89.4 Å². The van der Waals surface area contributed by atoms with Gasteiger partial charge in [0.2, 0.25) is 5.91 Å². The highest BCUT2D eigenvalue weighted by Crippen LogP contribution is 2.33. The topological polar surface area (TPSA) is 307 Å². The van der Waals surface area contributed by atoms with E-state index in [0.29, 0.717) is 12.8 Å². The first-order valence-corrected chi connectivity index (χ1v) is 36.4. The maximum atomic E-state index is 13.4. The molecule has 0 aromatic rings. The standard InChI is InChI=1S/C77H127NO18/c1-3-5-7-9-11-13-15-17-18-19-20-21-22-23-24-25-26-27-28-29-30-31-32-33-34-35-36-37-38-39-40-41-42-43-45-47-49-51-53-55-65(83)78-60(61(82)54-52-50-48-46-44-16-14-12-10-8-6-4-2)59-91-75-71(89)68(86)73(63(57-80)93-75)96-77-72(90)69(87)74(64(58-81)94-77)95-76-70(88)67(85)66(84)62(56-79)92-76/h5,7,10-13,17-18,20-21,23-24,26-27,29-30,32-33,44,46,52,54,60-64,66-77,79-82,84-90H,3-4,6,8-9,14-16,19,22,25,28,31,34-43,45,47-51,53,55-59H2,1-2H3,(H,78,83)/b7-5-,12-10+,13-11-,18-17-,21-20-,24-23-,27-26-,30-29-,33-32-,46-44+,54-52+. The van der Waals surface area contributed by atoms with Gasteiger partial charge in [-0.25, -0.2) is 0 Å². The average molecular weight is 1350 g/mol. The quantitative estimate of drug-likeness (QED) is 0.0199. The lowest BCUT2D eigenvalue weighted by Gasteiger charge is -2.48. The number of amides is 1. The van der Waals surface area contributed by atoms with Crippen molar-refractivity contribution in [1.29, 1.82) is 0 Å². The Morgan fingerprint density at radius 2 is 0.729 bits per heavy atom. The van der Waals surface area contributed by atoms with Gasteiger partial charge in [-0.2, -0.15) is 0 Å². The number of hydrogen-bond donors (Lipinski definition) is 12. The lowest BCUT2D eigenvalue weighted by atomic mass is 9.96. The summed E-state index contributed by atoms with van der Waals surface area (Å²) in [5.41, 5.74) is 0. The lowest BCUT2D eigenvalue weighted by molar-refractivity contribution is -0.379. The fourth-order valence-electron chi connectivity index (χ4n) is 11.3. The molecule has 19 heteroatoms. The van der Waals surface area contributed by atoms with Gasteiger partial charge < -0.3 is 89.9 Å². The smallest absolute Gasteiger partial charge is 0.220 e. The van der Waals surface area contributed by atoms with Crippen LogP contribution < -0.4 is 5.32 Å². The van der Waals surface area contributed by atoms with Gasteiger partial charge in [0.1, 0.15) is 73.2 Å². The fraction of sp³-hybridized carbons (Fsp3) is 0.701. The van der Waals surface area contributed by atoms with E-state index in [-0.39, 0.29) is 18.9 Å². The maximum absolute atomic E-state index is 13.4. The van der Waals surface area contributed by atoms with E-state index >= 15 is 0 Å². The van der Waals surface area contributed by atoms with Crippen molar-refractivity contribution in [3.63, 3.8) is 0 Å². The van der Waals surface area contributed by atoms with Crippen LogP contribution in [0, 0.1) is 0 Å². The summed E-state index contributed by atoms with van der Waals surface area (Å²) < 4.78 is 34.3. The van der Waals surface area contributed by atoms with Gasteiger partial charge in [-0.1, -0.05) is 237 Å². The first-order chi connectivity index (χ1) is 46.8. The van der Waals surface area contributed by atoms with Crippen molar-refractivity contribution >= 4 is 5.91 Å². The summed E-state index contributed by atoms with van der Waals surface area (Å²) in [6.45, 7) is 1.51. The molecule has 0 spiro atoms. The summed E-state index contributed by atoms with van der Waals surface area (Å²) in [7, 11) is 0. The Bertz CT molecular complexity index is 2260. The van der Waals surface area contributed by atoms with E-state index in [0.717, 1.165) is 109 Å². The van der Waals surface area contributed by atoms with Gasteiger partial charge >= 0.3 is 0 Å². The summed E-state index contributed by atoms with van der Waals surface area (Å²) >= 11 is 0. The first kappa shape index (κ1) is 86.2. The third-order valence-corrected chi connectivity index (χ3v) is 17.2. The van der Waals surface area contributed by atoms with Crippen LogP contribution in [-0.4, -0.2) is 193 Å². The number of aliphatic hydroxyl groups is 11. The van der Waals surface area contributed by atoms with E-state index in [9.17, 15) is 61.0 Å². The second kappa shape index (κ2) is 56.7. The Kier molecular flexibility index (Phi) is 50.8. The molecule has 12 N–H and O–H groups in total. The summed E-state index contributed by atoms with van der Waals surface area (Å²) in [4.78, 5) is 13.4. The van der Waals surface area contributed by atoms with E-state index < -0.39 is 124 Å². The lowest BCUT2D eigenvalue weighted by Crippen LogP contribution is -2.66. The molecule has 3 rings (SSSR count). The van der Waals surface area contributed by atoms with Gasteiger partial charge in [-0.15, -0.1) is 0 Å². The molecule has 19 nitrogen and oxygen atoms in total. The number of unbranched alkanes of at least 4 members (excludes halogenated alkanes) is 18. The molecule has 3 heterocycles. The highest BCUT2D eigenvalue weighted by Gasteiger charge is 2.53. The molecule has 0 saturated carbocycles. The number of carbonyl (C=O) groups is 1. The Balaban J connectivity index is 1.32. The Morgan fingerprint density at radius 1 is 0.385 bits per heavy atom. The predicted molar refractivity (Wildman–Crippen MR) is 378 cm³/mol. The van der Waals surface area contributed by atoms with Crippen LogP contribution in [0.2, 0.25) is 0 Å². The van der Waals surface area contributed by atoms with Crippen molar-refractivity contribution in [1.82, 2.24) is 5.32 Å². The van der Waals surface area contributed by atoms with E-state index in [2.05, 4.69) is 141 Å². The summed E-state index contributed by atoms with van der Waals surface area (Å²) in [5.74, 6) is -0.297. The molecule has 0 aliphatic carbocycles. The number of aliphatic hydroxyl groups excluding tert-OH is 11. The Labute approximate surface area is 575 Å². The van der Waals surface area contributed by atoms with Crippen LogP contribution in [0.4, 0.5) is 0 Å². The van der Waals surface area contributed by atoms with Crippen LogP contribution in [0.15, 0.2) is 134 Å². The second-order valence-corrected chi connectivity index (χ2v) is 25.3. The highest BCUT2D eigenvalue weighted by atomic mass is 16.8. The Morgan fingerprint density at radius 3 is 1.17 bits per heavy atom. The minimum Gasteiger partial charge on any atom is -0.394 e. The van der Waals surface area contributed by atoms with Crippen LogP contribution in [0.3, 0.4) is 0 Å². The SMILES string of the molecule is CC/C=C\C/C=C\C/C=C\C/C=C\C/C=C\C/C=C\C/C=C\C/C=C\CCCCCCCCCCCCCCCCC(=O)NC(COC1OC(CO)C(OC2OC(CO)C(OC3OC(CO)C(O)C(O)C3O)C(O)C2O)C(O)C1O)C(O)/C=C/CC/C=C/CC/C=C/CCCC. The summed E-state index contributed by atoms with van der Waals surface area (Å²) in [6.07, 6.45) is 53.1. The second-order valence-electron chi connectivity index (χ2n) is 25.3. The fourth-order valence-corrected chi connectivity index (χ4v) is 11.3. The Hall–Kier alpha value is -4.07. The van der Waals surface area contributed by atoms with Crippen LogP contribution in [-0.2, 0) is 33.2 Å². The van der Waals surface area contributed by atoms with Crippen LogP contribution in [0.5, 0.6) is 0 Å². The van der Waals surface area contributed by atoms with Gasteiger partial charge in [0, 0.05) is 6.42 Å². The van der Waals surface area contributed by atoms with Crippen LogP contribution in [0.25, 0.3) is 0 Å². The van der Waals surface area contributed by atoms with E-state index in [4.69, 9.17) is 28.4 Å². The van der Waals surface area contributed by atoms with Gasteiger partial charge in [0.25, 0.3) is 0 Å². The molecule has 96 heavy (non-hydrogen) atoms. The van der Waals surface area contributed by atoms with E-state index in [1.54, 1.807) is 6.08 Å². The molecule has 3 fully saturated rings. The number of hydrogen-bond acceptors (Lipinski definition) is 18. The third kappa shape index (κ3) is 37.4. The van der Waals surface area contributed by atoms with Gasteiger partial charge in [0.05, 0.1) is 38.6 Å². The molecule has 0 aromatic carbocycles. The van der Waals surface area contributed by atoms with E-state index in [1.165, 1.54) is 70.6 Å². The minimum absolute atomic E-state index is 0.223. The third-order valence-electron chi connectivity index (χ3n) is 17.2. The van der Waals surface area contributed by atoms with Crippen LogP contribution >= 0.6 is 0 Å². The van der Waals surface area contributed by atoms with Gasteiger partial charge in [0.15, 0.2) is 18.9 Å². The molecule has 3 saturated heterocycles. The predicted octanol–water partition coefficient (Wildman–Crippen LogP) is 10.5. The molecule has 3 aliphatic heterocycles. The highest BCUT2D eigenvalue weighted by molar-refractivity contribution is 5.76. The number of ether oxygens (including phenoxy) is 6. The maximum Gasteiger partial charge on any atom is 0.220 e. The zero-order chi connectivity index (χ0) is 69.6. The van der Waals surface area contributed by atoms with Gasteiger partial charge in [-0.3, -0.25) is 4.79 Å². The molecule has 548 valence electrons. The van der Waals surface area contributed by atoms with Crippen molar-refractivity contribution in [3.8, 4) is 0 Å². The number of nitrogens with one attached hydrogen (secondary N) is 1. The number of rotatable bonds is 54. The molecular weight excluding hydrogens is 1230 g/mol. The molecule has 3 aliphatic rings. The molecule has 1 amide bonds. The van der Waals surface area contributed by atoms with Crippen molar-refractivity contribution in [2.24, 2.45) is 0 Å². The largest absolute Gasteiger partial charge is 0.394 e. The molecule has 0 aromatic heterocycles. The molecular formula is C77H127NO18. The van der Waals surface area contributed by atoms with Crippen LogP contribution in [0.1, 0.15) is 213 Å².